The molecule has 6 rings (SSSR count). The lowest BCUT2D eigenvalue weighted by Crippen LogP contribution is -2.48. The summed E-state index contributed by atoms with van der Waals surface area (Å²) >= 11 is 0. The summed E-state index contributed by atoms with van der Waals surface area (Å²) < 4.78 is 5.88. The Morgan fingerprint density at radius 2 is 2.07 bits per heavy atom. The molecule has 1 N–H and O–H groups in total. The van der Waals surface area contributed by atoms with Crippen LogP contribution in [0, 0.1) is 0 Å². The minimum Gasteiger partial charge on any atom is -0.493 e. The number of benzene rings is 2. The van der Waals surface area contributed by atoms with Gasteiger partial charge in [0, 0.05) is 44.6 Å². The van der Waals surface area contributed by atoms with Crippen LogP contribution in [0.15, 0.2) is 36.4 Å². The number of fused-ring (bicyclic) bond motifs is 4. The van der Waals surface area contributed by atoms with E-state index < -0.39 is 0 Å². The molecule has 0 saturated carbocycles. The number of aryl methyl sites for hydroxylation is 1. The van der Waals surface area contributed by atoms with Crippen molar-refractivity contribution < 1.29 is 4.74 Å². The molecule has 1 saturated heterocycles. The highest BCUT2D eigenvalue weighted by atomic mass is 16.5. The molecule has 4 aliphatic heterocycles. The number of anilines is 2. The third kappa shape index (κ3) is 2.61. The minimum atomic E-state index is 0.674. The normalized spacial score (nSPS) is 24.9. The Balaban J connectivity index is 1.13. The zero-order valence-corrected chi connectivity index (χ0v) is 16.5. The highest BCUT2D eigenvalue weighted by Crippen LogP contribution is 2.49. The molecule has 4 aliphatic rings. The Hall–Kier alpha value is -2.20. The summed E-state index contributed by atoms with van der Waals surface area (Å²) in [5.41, 5.74) is 7.23. The molecule has 146 valence electrons. The van der Waals surface area contributed by atoms with Gasteiger partial charge < -0.3 is 19.9 Å². The van der Waals surface area contributed by atoms with Gasteiger partial charge in [0.2, 0.25) is 0 Å². The van der Waals surface area contributed by atoms with Crippen LogP contribution in [0.4, 0.5) is 11.4 Å². The molecule has 2 aromatic carbocycles. The lowest BCUT2D eigenvalue weighted by molar-refractivity contribution is 0.191. The molecular weight excluding hydrogens is 346 g/mol. The third-order valence-corrected chi connectivity index (χ3v) is 7.20. The van der Waals surface area contributed by atoms with Crippen LogP contribution in [0.3, 0.4) is 0 Å². The average molecular weight is 376 g/mol. The van der Waals surface area contributed by atoms with Crippen LogP contribution >= 0.6 is 0 Å². The van der Waals surface area contributed by atoms with Crippen molar-refractivity contribution in [2.24, 2.45) is 0 Å². The Kier molecular flexibility index (Phi) is 4.00. The quantitative estimate of drug-likeness (QED) is 0.883. The van der Waals surface area contributed by atoms with Gasteiger partial charge in [0.1, 0.15) is 5.75 Å². The molecule has 28 heavy (non-hydrogen) atoms. The van der Waals surface area contributed by atoms with Crippen molar-refractivity contribution >= 4 is 11.4 Å². The monoisotopic (exact) mass is 375 g/mol. The highest BCUT2D eigenvalue weighted by Gasteiger charge is 2.43. The van der Waals surface area contributed by atoms with E-state index in [0.717, 1.165) is 32.5 Å². The van der Waals surface area contributed by atoms with Gasteiger partial charge in [-0.1, -0.05) is 30.3 Å². The predicted molar refractivity (Wildman–Crippen MR) is 114 cm³/mol. The Bertz CT molecular complexity index is 895. The fourth-order valence-corrected chi connectivity index (χ4v) is 5.94. The first-order chi connectivity index (χ1) is 13.9. The van der Waals surface area contributed by atoms with Gasteiger partial charge >= 0.3 is 0 Å². The summed E-state index contributed by atoms with van der Waals surface area (Å²) in [5.74, 6) is 1.85. The first-order valence-corrected chi connectivity index (χ1v) is 11.0. The van der Waals surface area contributed by atoms with E-state index in [0.29, 0.717) is 12.0 Å². The fraction of sp³-hybridized carbons (Fsp3) is 0.500. The maximum absolute atomic E-state index is 5.88. The van der Waals surface area contributed by atoms with E-state index in [4.69, 9.17) is 4.74 Å². The van der Waals surface area contributed by atoms with E-state index in [1.807, 2.05) is 0 Å². The zero-order valence-electron chi connectivity index (χ0n) is 16.5. The van der Waals surface area contributed by atoms with Crippen LogP contribution in [0.1, 0.15) is 35.4 Å². The van der Waals surface area contributed by atoms with Crippen LogP contribution in [0.25, 0.3) is 0 Å². The molecule has 4 heterocycles. The predicted octanol–water partition coefficient (Wildman–Crippen LogP) is 3.66. The summed E-state index contributed by atoms with van der Waals surface area (Å²) in [4.78, 5) is 5.41. The van der Waals surface area contributed by atoms with Gasteiger partial charge in [0.05, 0.1) is 18.0 Å². The summed E-state index contributed by atoms with van der Waals surface area (Å²) in [5, 5.41) is 3.60. The highest BCUT2D eigenvalue weighted by molar-refractivity contribution is 5.80. The molecule has 4 heteroatoms. The smallest absolute Gasteiger partial charge is 0.125 e. The molecule has 0 unspecified atom stereocenters. The summed E-state index contributed by atoms with van der Waals surface area (Å²) in [7, 11) is 0. The molecule has 0 bridgehead atoms. The lowest BCUT2D eigenvalue weighted by atomic mass is 9.89. The Labute approximate surface area is 167 Å². The van der Waals surface area contributed by atoms with Crippen LogP contribution in [0.2, 0.25) is 0 Å². The molecule has 0 amide bonds. The number of para-hydroxylation sites is 2. The maximum Gasteiger partial charge on any atom is 0.125 e. The number of hydrogen-bond acceptors (Lipinski definition) is 4. The SMILES string of the molecule is c1cc(CCCN2CC[C@H]3[C@@H](C2)c2cccc4c2N3CCN4)c2c(c1)CCO2. The first-order valence-electron chi connectivity index (χ1n) is 11.0. The molecule has 0 aromatic heterocycles. The van der Waals surface area contributed by atoms with Gasteiger partial charge in [-0.15, -0.1) is 0 Å². The number of nitrogens with zero attached hydrogens (tertiary/aromatic N) is 2. The van der Waals surface area contributed by atoms with E-state index in [2.05, 4.69) is 51.5 Å². The van der Waals surface area contributed by atoms with E-state index in [1.165, 1.54) is 60.7 Å². The summed E-state index contributed by atoms with van der Waals surface area (Å²) in [6.07, 6.45) is 4.72. The van der Waals surface area contributed by atoms with Crippen molar-refractivity contribution in [1.29, 1.82) is 0 Å². The molecule has 0 radical (unpaired) electrons. The van der Waals surface area contributed by atoms with Gasteiger partial charge in [-0.2, -0.15) is 0 Å². The van der Waals surface area contributed by atoms with Crippen LogP contribution in [-0.2, 0) is 12.8 Å². The van der Waals surface area contributed by atoms with Crippen molar-refractivity contribution in [3.8, 4) is 5.75 Å². The number of rotatable bonds is 4. The average Bonchev–Trinajstić information content (AvgIpc) is 3.34. The standard InChI is InChI=1S/C24H29N3O/c1-4-17(24-18(5-1)10-15-28-24)6-3-12-26-13-9-22-20(16-26)19-7-2-8-21-23(19)27(22)14-11-25-21/h1-2,4-5,7-8,20,22,25H,3,6,9-16H2/t20-,22-/m0/s1. The second-order valence-corrected chi connectivity index (χ2v) is 8.73. The zero-order chi connectivity index (χ0) is 18.5. The fourth-order valence-electron chi connectivity index (χ4n) is 5.94. The number of likely N-dealkylation sites (tertiary alicyclic amines) is 1. The number of nitrogens with one attached hydrogen (secondary N) is 1. The molecule has 2 aromatic rings. The third-order valence-electron chi connectivity index (χ3n) is 7.20. The molecule has 2 atom stereocenters. The van der Waals surface area contributed by atoms with E-state index in [-0.39, 0.29) is 0 Å². The molecule has 4 nitrogen and oxygen atoms in total. The second-order valence-electron chi connectivity index (χ2n) is 8.73. The van der Waals surface area contributed by atoms with E-state index >= 15 is 0 Å². The van der Waals surface area contributed by atoms with Crippen molar-refractivity contribution in [3.05, 3.63) is 53.1 Å². The Morgan fingerprint density at radius 1 is 1.11 bits per heavy atom. The van der Waals surface area contributed by atoms with Crippen molar-refractivity contribution in [2.45, 2.75) is 37.6 Å². The lowest BCUT2D eigenvalue weighted by Gasteiger charge is -2.40. The van der Waals surface area contributed by atoms with Crippen LogP contribution in [-0.4, -0.2) is 50.3 Å². The number of ether oxygens (including phenoxy) is 1. The van der Waals surface area contributed by atoms with Crippen molar-refractivity contribution in [1.82, 2.24) is 4.90 Å². The van der Waals surface area contributed by atoms with Gasteiger partial charge in [0.25, 0.3) is 0 Å². The van der Waals surface area contributed by atoms with Gasteiger partial charge in [-0.05, 0) is 48.6 Å². The van der Waals surface area contributed by atoms with Crippen molar-refractivity contribution in [2.75, 3.05) is 49.5 Å². The molecule has 1 fully saturated rings. The minimum absolute atomic E-state index is 0.674. The second kappa shape index (κ2) is 6.70. The summed E-state index contributed by atoms with van der Waals surface area (Å²) in [6, 6.07) is 14.2. The van der Waals surface area contributed by atoms with Crippen LogP contribution in [0.5, 0.6) is 5.75 Å². The van der Waals surface area contributed by atoms with E-state index in [9.17, 15) is 0 Å². The summed E-state index contributed by atoms with van der Waals surface area (Å²) in [6.45, 7) is 6.73. The molecular formula is C24H29N3O. The largest absolute Gasteiger partial charge is 0.493 e. The van der Waals surface area contributed by atoms with Crippen molar-refractivity contribution in [3.63, 3.8) is 0 Å². The van der Waals surface area contributed by atoms with Gasteiger partial charge in [-0.3, -0.25) is 0 Å². The number of hydrogen-bond donors (Lipinski definition) is 1. The number of piperidine rings is 1. The maximum atomic E-state index is 5.88. The molecule has 0 spiro atoms. The first kappa shape index (κ1) is 16.7. The van der Waals surface area contributed by atoms with Crippen LogP contribution < -0.4 is 15.0 Å². The van der Waals surface area contributed by atoms with Gasteiger partial charge in [-0.25, -0.2) is 0 Å². The molecule has 0 aliphatic carbocycles. The van der Waals surface area contributed by atoms with Gasteiger partial charge in [0.15, 0.2) is 0 Å². The Morgan fingerprint density at radius 3 is 3.07 bits per heavy atom. The van der Waals surface area contributed by atoms with E-state index in [1.54, 1.807) is 5.56 Å². The topological polar surface area (TPSA) is 27.7 Å².